The van der Waals surface area contributed by atoms with Crippen molar-refractivity contribution in [2.75, 3.05) is 78.7 Å². The Balaban J connectivity index is 0.000000440. The number of amides is 5. The van der Waals surface area contributed by atoms with Crippen molar-refractivity contribution in [3.8, 4) is 0 Å². The van der Waals surface area contributed by atoms with Crippen molar-refractivity contribution in [3.63, 3.8) is 0 Å². The first-order valence-corrected chi connectivity index (χ1v) is 18.6. The van der Waals surface area contributed by atoms with Crippen LogP contribution < -0.4 is 16.8 Å². The van der Waals surface area contributed by atoms with Crippen molar-refractivity contribution in [2.45, 2.75) is 85.5 Å². The highest BCUT2D eigenvalue weighted by Gasteiger charge is 2.39. The molecule has 0 radical (unpaired) electrons. The third kappa shape index (κ3) is 16.4. The summed E-state index contributed by atoms with van der Waals surface area (Å²) in [4.78, 5) is 77.1. The maximum absolute atomic E-state index is 12.8. The Morgan fingerprint density at radius 3 is 1.61 bits per heavy atom. The van der Waals surface area contributed by atoms with Gasteiger partial charge in [0.25, 0.3) is 0 Å². The van der Waals surface area contributed by atoms with Crippen LogP contribution in [0, 0.1) is 11.8 Å². The number of hydrogen-bond donors (Lipinski definition) is 6. The zero-order valence-corrected chi connectivity index (χ0v) is 31.7. The fraction of sp³-hybridized carbons (Fsp3) is 0.818. The van der Waals surface area contributed by atoms with E-state index in [1.807, 2.05) is 4.81 Å². The van der Waals surface area contributed by atoms with Crippen LogP contribution >= 0.6 is 0 Å². The second-order valence-corrected chi connectivity index (χ2v) is 13.7. The van der Waals surface area contributed by atoms with E-state index in [-0.39, 0.29) is 56.8 Å². The van der Waals surface area contributed by atoms with E-state index >= 15 is 0 Å². The van der Waals surface area contributed by atoms with Gasteiger partial charge in [0.2, 0.25) is 5.91 Å². The standard InChI is InChI=1S/C16H29BN4O5.C8H17BN2O3.C8H14N2O3.CH4/c1-3-26-15(23)13-11-20(17(2)25)8-9-21(13)14(22)10-12-4-6-19(7-5-12)16(18)24;1-3-14-8(12)7-6-11(9(2)13)5-4-10-7;9-8(13)10-3-1-6(2-4-10)5-7(11)12;/h12-13,25H,3-11H2,1-2H3,(H2,18,24);7,10,13H,3-6H2,1-2H3;6H,1-5H2,(H2,9,13)(H,11,12);1H4/t13-;7-;;/m11../s1. The molecular weight excluding hydrogens is 706 g/mol. The van der Waals surface area contributed by atoms with Gasteiger partial charge < -0.3 is 65.7 Å². The molecule has 8 N–H and O–H groups in total. The number of ether oxygens (including phenoxy) is 2. The molecule has 0 aromatic rings. The number of piperazine rings is 2. The number of carbonyl (C=O) groups excluding carboxylic acids is 5. The predicted molar refractivity (Wildman–Crippen MR) is 203 cm³/mol. The minimum Gasteiger partial charge on any atom is -0.481 e. The second kappa shape index (κ2) is 24.7. The van der Waals surface area contributed by atoms with E-state index in [1.54, 1.807) is 47.0 Å². The van der Waals surface area contributed by atoms with E-state index in [4.69, 9.17) is 26.0 Å². The molecule has 4 saturated heterocycles. The zero-order valence-electron chi connectivity index (χ0n) is 31.7. The molecular formula is C33H64B2N8O11. The lowest BCUT2D eigenvalue weighted by atomic mass is 9.83. The number of urea groups is 2. The Kier molecular flexibility index (Phi) is 22.1. The molecule has 5 amide bonds. The first kappa shape index (κ1) is 48.4. The van der Waals surface area contributed by atoms with Crippen LogP contribution in [0.15, 0.2) is 0 Å². The van der Waals surface area contributed by atoms with Crippen LogP contribution in [-0.4, -0.2) is 180 Å². The zero-order chi connectivity index (χ0) is 39.7. The van der Waals surface area contributed by atoms with Crippen molar-refractivity contribution >= 4 is 50.0 Å². The monoisotopic (exact) mass is 770 g/mol. The van der Waals surface area contributed by atoms with E-state index < -0.39 is 44.1 Å². The highest BCUT2D eigenvalue weighted by Crippen LogP contribution is 2.24. The first-order valence-electron chi connectivity index (χ1n) is 18.6. The number of piperidine rings is 2. The molecule has 4 aliphatic heterocycles. The fourth-order valence-corrected chi connectivity index (χ4v) is 6.72. The lowest BCUT2D eigenvalue weighted by Gasteiger charge is -2.41. The van der Waals surface area contributed by atoms with E-state index in [0.29, 0.717) is 65.4 Å². The summed E-state index contributed by atoms with van der Waals surface area (Å²) in [6.45, 7) is 12.9. The van der Waals surface area contributed by atoms with Gasteiger partial charge in [0.15, 0.2) is 0 Å². The summed E-state index contributed by atoms with van der Waals surface area (Å²) in [6, 6.07) is -1.84. The molecule has 0 saturated carbocycles. The lowest BCUT2D eigenvalue weighted by molar-refractivity contribution is -0.157. The number of likely N-dealkylation sites (tertiary alicyclic amines) is 2. The summed E-state index contributed by atoms with van der Waals surface area (Å²) in [7, 11) is -1.18. The molecule has 4 fully saturated rings. The molecule has 0 spiro atoms. The Morgan fingerprint density at radius 1 is 0.704 bits per heavy atom. The third-order valence-electron chi connectivity index (χ3n) is 9.90. The van der Waals surface area contributed by atoms with Crippen molar-refractivity contribution in [3.05, 3.63) is 0 Å². The number of esters is 2. The summed E-state index contributed by atoms with van der Waals surface area (Å²) in [5.41, 5.74) is 10.4. The number of primary amides is 2. The van der Waals surface area contributed by atoms with E-state index in [2.05, 4.69) is 5.32 Å². The molecule has 0 aromatic heterocycles. The number of carboxylic acids is 1. The van der Waals surface area contributed by atoms with Gasteiger partial charge in [-0.25, -0.2) is 14.4 Å². The third-order valence-corrected chi connectivity index (χ3v) is 9.90. The van der Waals surface area contributed by atoms with Crippen molar-refractivity contribution in [2.24, 2.45) is 23.3 Å². The second-order valence-electron chi connectivity index (χ2n) is 13.7. The largest absolute Gasteiger partial charge is 0.481 e. The molecule has 2 atom stereocenters. The summed E-state index contributed by atoms with van der Waals surface area (Å²) in [5.74, 6) is -1.14. The smallest absolute Gasteiger partial charge is 0.376 e. The highest BCUT2D eigenvalue weighted by molar-refractivity contribution is 6.45. The first-order chi connectivity index (χ1) is 25.1. The van der Waals surface area contributed by atoms with Gasteiger partial charge in [-0.05, 0) is 65.0 Å². The van der Waals surface area contributed by atoms with Crippen LogP contribution in [0.2, 0.25) is 13.6 Å². The van der Waals surface area contributed by atoms with Gasteiger partial charge in [-0.3, -0.25) is 14.4 Å². The van der Waals surface area contributed by atoms with Crippen LogP contribution in [0.25, 0.3) is 0 Å². The Hall–Kier alpha value is -3.65. The molecule has 4 rings (SSSR count). The van der Waals surface area contributed by atoms with Crippen LogP contribution in [0.5, 0.6) is 0 Å². The number of rotatable bonds is 10. The Bertz CT molecular complexity index is 1200. The molecule has 4 aliphatic rings. The average molecular weight is 771 g/mol. The van der Waals surface area contributed by atoms with Crippen LogP contribution in [0.3, 0.4) is 0 Å². The van der Waals surface area contributed by atoms with Crippen LogP contribution in [0.1, 0.15) is 59.8 Å². The SMILES string of the molecule is C.CCOC(=O)[C@H]1CN(B(C)O)CCN1.CCOC(=O)[C@H]1CN(B(C)O)CCN1C(=O)CC1CCN(C(N)=O)CC1.NC(=O)N1CCC(CC(=O)O)CC1. The van der Waals surface area contributed by atoms with E-state index in [1.165, 1.54) is 0 Å². The molecule has 0 aliphatic carbocycles. The van der Waals surface area contributed by atoms with Gasteiger partial charge in [-0.1, -0.05) is 7.43 Å². The maximum atomic E-state index is 12.8. The van der Waals surface area contributed by atoms with Crippen molar-refractivity contribution < 1.29 is 53.4 Å². The molecule has 4 heterocycles. The minimum atomic E-state index is -0.766. The summed E-state index contributed by atoms with van der Waals surface area (Å²) in [5, 5.41) is 30.7. The van der Waals surface area contributed by atoms with Crippen molar-refractivity contribution in [1.82, 2.24) is 29.6 Å². The van der Waals surface area contributed by atoms with Gasteiger partial charge in [-0.2, -0.15) is 0 Å². The summed E-state index contributed by atoms with van der Waals surface area (Å²) in [6.07, 6.45) is 3.49. The molecule has 0 unspecified atom stereocenters. The number of nitrogens with zero attached hydrogens (tertiary/aromatic N) is 5. The Labute approximate surface area is 320 Å². The van der Waals surface area contributed by atoms with Crippen LogP contribution in [0.4, 0.5) is 9.59 Å². The van der Waals surface area contributed by atoms with Crippen molar-refractivity contribution in [1.29, 1.82) is 0 Å². The fourth-order valence-electron chi connectivity index (χ4n) is 6.72. The lowest BCUT2D eigenvalue weighted by Crippen LogP contribution is -2.61. The normalized spacial score (nSPS) is 21.2. The average Bonchev–Trinajstić information content (AvgIpc) is 3.12. The topological polar surface area (TPSA) is 262 Å². The van der Waals surface area contributed by atoms with Gasteiger partial charge in [0, 0.05) is 78.3 Å². The highest BCUT2D eigenvalue weighted by atomic mass is 16.5. The Morgan fingerprint density at radius 2 is 1.17 bits per heavy atom. The number of nitrogens with one attached hydrogen (secondary N) is 1. The molecule has 0 bridgehead atoms. The number of nitrogens with two attached hydrogens (primary N) is 2. The number of carbonyl (C=O) groups is 6. The van der Waals surface area contributed by atoms with Gasteiger partial charge >= 0.3 is 44.1 Å². The number of carboxylic acid groups (broad SMARTS) is 1. The summed E-state index contributed by atoms with van der Waals surface area (Å²) < 4.78 is 10.0. The van der Waals surface area contributed by atoms with Gasteiger partial charge in [0.05, 0.1) is 13.2 Å². The molecule has 0 aromatic carbocycles. The van der Waals surface area contributed by atoms with E-state index in [9.17, 15) is 38.8 Å². The minimum absolute atomic E-state index is 0. The van der Waals surface area contributed by atoms with Gasteiger partial charge in [-0.15, -0.1) is 0 Å². The van der Waals surface area contributed by atoms with Gasteiger partial charge in [0.1, 0.15) is 12.1 Å². The van der Waals surface area contributed by atoms with E-state index in [0.717, 1.165) is 32.2 Å². The molecule has 21 heteroatoms. The summed E-state index contributed by atoms with van der Waals surface area (Å²) >= 11 is 0. The quantitative estimate of drug-likeness (QED) is 0.117. The van der Waals surface area contributed by atoms with Crippen LogP contribution in [-0.2, 0) is 28.7 Å². The molecule has 54 heavy (non-hydrogen) atoms. The molecule has 308 valence electrons. The number of hydrogen-bond acceptors (Lipinski definition) is 13. The predicted octanol–water partition coefficient (Wildman–Crippen LogP) is -0.825. The maximum Gasteiger partial charge on any atom is 0.376 e. The number of aliphatic carboxylic acids is 1. The molecule has 19 nitrogen and oxygen atoms in total.